The van der Waals surface area contributed by atoms with Gasteiger partial charge in [0.1, 0.15) is 5.54 Å². The lowest BCUT2D eigenvalue weighted by molar-refractivity contribution is -0.150. The molecule has 19 heavy (non-hydrogen) atoms. The average Bonchev–Trinajstić information content (AvgIpc) is 2.66. The molecule has 1 amide bonds. The van der Waals surface area contributed by atoms with Crippen LogP contribution < -0.4 is 5.32 Å². The molecule has 2 fully saturated rings. The van der Waals surface area contributed by atoms with Crippen LogP contribution >= 0.6 is 0 Å². The molecule has 5 nitrogen and oxygen atoms in total. The van der Waals surface area contributed by atoms with Crippen LogP contribution in [0.15, 0.2) is 0 Å². The van der Waals surface area contributed by atoms with Crippen molar-refractivity contribution in [1.29, 1.82) is 0 Å². The molecular weight excluding hydrogens is 246 g/mol. The minimum absolute atomic E-state index is 0.149. The molecule has 1 aliphatic heterocycles. The van der Waals surface area contributed by atoms with Crippen molar-refractivity contribution in [2.45, 2.75) is 56.9 Å². The SMILES string of the molecule is O=C(NC1(C(=O)O)CCCCCC1)C1CCCOC1. The minimum atomic E-state index is -1.05. The zero-order valence-corrected chi connectivity index (χ0v) is 11.3. The number of amides is 1. The summed E-state index contributed by atoms with van der Waals surface area (Å²) in [7, 11) is 0. The first-order valence-corrected chi connectivity index (χ1v) is 7.27. The molecule has 1 saturated carbocycles. The molecule has 0 bridgehead atoms. The van der Waals surface area contributed by atoms with Crippen LogP contribution in [0.1, 0.15) is 51.4 Å². The largest absolute Gasteiger partial charge is 0.480 e. The van der Waals surface area contributed by atoms with Gasteiger partial charge in [-0.1, -0.05) is 25.7 Å². The van der Waals surface area contributed by atoms with Gasteiger partial charge >= 0.3 is 5.97 Å². The van der Waals surface area contributed by atoms with Gasteiger partial charge in [-0.2, -0.15) is 0 Å². The molecule has 2 rings (SSSR count). The van der Waals surface area contributed by atoms with Gasteiger partial charge in [0.05, 0.1) is 12.5 Å². The van der Waals surface area contributed by atoms with E-state index in [1.54, 1.807) is 0 Å². The molecule has 1 saturated heterocycles. The molecule has 1 unspecified atom stereocenters. The van der Waals surface area contributed by atoms with Gasteiger partial charge in [-0.25, -0.2) is 4.79 Å². The first kappa shape index (κ1) is 14.3. The Bertz CT molecular complexity index is 328. The molecule has 0 radical (unpaired) electrons. The highest BCUT2D eigenvalue weighted by Crippen LogP contribution is 2.28. The zero-order valence-electron chi connectivity index (χ0n) is 11.3. The summed E-state index contributed by atoms with van der Waals surface area (Å²) in [5, 5.41) is 12.3. The highest BCUT2D eigenvalue weighted by molar-refractivity contribution is 5.88. The number of ether oxygens (including phenoxy) is 1. The zero-order chi connectivity index (χ0) is 13.7. The van der Waals surface area contributed by atoms with Crippen molar-refractivity contribution in [3.8, 4) is 0 Å². The van der Waals surface area contributed by atoms with Crippen LogP contribution in [-0.2, 0) is 14.3 Å². The Hall–Kier alpha value is -1.10. The third kappa shape index (κ3) is 3.47. The van der Waals surface area contributed by atoms with Gasteiger partial charge in [-0.15, -0.1) is 0 Å². The van der Waals surface area contributed by atoms with E-state index in [4.69, 9.17) is 4.74 Å². The summed E-state index contributed by atoms with van der Waals surface area (Å²) < 4.78 is 5.30. The average molecular weight is 269 g/mol. The summed E-state index contributed by atoms with van der Waals surface area (Å²) in [6.07, 6.45) is 6.60. The molecular formula is C14H23NO4. The second-order valence-electron chi connectivity index (χ2n) is 5.70. The van der Waals surface area contributed by atoms with Crippen LogP contribution in [0.3, 0.4) is 0 Å². The summed E-state index contributed by atoms with van der Waals surface area (Å²) >= 11 is 0. The number of nitrogens with one attached hydrogen (secondary N) is 1. The van der Waals surface area contributed by atoms with Crippen molar-refractivity contribution in [1.82, 2.24) is 5.32 Å². The lowest BCUT2D eigenvalue weighted by Gasteiger charge is -2.32. The van der Waals surface area contributed by atoms with E-state index in [-0.39, 0.29) is 11.8 Å². The molecule has 2 aliphatic rings. The van der Waals surface area contributed by atoms with E-state index in [2.05, 4.69) is 5.32 Å². The summed E-state index contributed by atoms with van der Waals surface area (Å²) in [4.78, 5) is 23.8. The van der Waals surface area contributed by atoms with E-state index in [0.717, 1.165) is 38.5 Å². The summed E-state index contributed by atoms with van der Waals surface area (Å²) in [5.74, 6) is -1.23. The van der Waals surface area contributed by atoms with E-state index in [9.17, 15) is 14.7 Å². The lowest BCUT2D eigenvalue weighted by Crippen LogP contribution is -2.56. The third-order valence-electron chi connectivity index (χ3n) is 4.26. The van der Waals surface area contributed by atoms with Gasteiger partial charge in [0.2, 0.25) is 5.91 Å². The van der Waals surface area contributed by atoms with Crippen LogP contribution in [0.25, 0.3) is 0 Å². The first-order valence-electron chi connectivity index (χ1n) is 7.27. The van der Waals surface area contributed by atoms with E-state index < -0.39 is 11.5 Å². The molecule has 1 atom stereocenters. The number of rotatable bonds is 3. The van der Waals surface area contributed by atoms with Gasteiger partial charge < -0.3 is 15.2 Å². The standard InChI is InChI=1S/C14H23NO4/c16-12(11-6-5-9-19-10-11)15-14(13(17)18)7-3-1-2-4-8-14/h11H,1-10H2,(H,15,16)(H,17,18). The third-order valence-corrected chi connectivity index (χ3v) is 4.26. The fraction of sp³-hybridized carbons (Fsp3) is 0.857. The smallest absolute Gasteiger partial charge is 0.329 e. The molecule has 0 spiro atoms. The predicted molar refractivity (Wildman–Crippen MR) is 69.8 cm³/mol. The maximum atomic E-state index is 12.2. The minimum Gasteiger partial charge on any atom is -0.480 e. The molecule has 0 aromatic rings. The van der Waals surface area contributed by atoms with E-state index in [1.807, 2.05) is 0 Å². The normalized spacial score (nSPS) is 27.3. The van der Waals surface area contributed by atoms with Crippen LogP contribution in [-0.4, -0.2) is 35.7 Å². The van der Waals surface area contributed by atoms with E-state index in [0.29, 0.717) is 26.1 Å². The molecule has 108 valence electrons. The van der Waals surface area contributed by atoms with Crippen molar-refractivity contribution in [3.63, 3.8) is 0 Å². The number of carbonyl (C=O) groups is 2. The van der Waals surface area contributed by atoms with Crippen LogP contribution in [0.2, 0.25) is 0 Å². The van der Waals surface area contributed by atoms with Crippen molar-refractivity contribution >= 4 is 11.9 Å². The van der Waals surface area contributed by atoms with Gasteiger partial charge in [0, 0.05) is 6.61 Å². The fourth-order valence-corrected chi connectivity index (χ4v) is 3.01. The molecule has 5 heteroatoms. The lowest BCUT2D eigenvalue weighted by atomic mass is 9.88. The topological polar surface area (TPSA) is 75.6 Å². The number of hydrogen-bond acceptors (Lipinski definition) is 3. The molecule has 0 aromatic heterocycles. The number of carboxylic acid groups (broad SMARTS) is 1. The summed E-state index contributed by atoms with van der Waals surface area (Å²) in [5.41, 5.74) is -1.05. The second kappa shape index (κ2) is 6.37. The Kier molecular flexibility index (Phi) is 4.80. The summed E-state index contributed by atoms with van der Waals surface area (Å²) in [6.45, 7) is 1.12. The number of hydrogen-bond donors (Lipinski definition) is 2. The monoisotopic (exact) mass is 269 g/mol. The summed E-state index contributed by atoms with van der Waals surface area (Å²) in [6, 6.07) is 0. The number of aliphatic carboxylic acids is 1. The van der Waals surface area contributed by atoms with Crippen molar-refractivity contribution in [2.75, 3.05) is 13.2 Å². The van der Waals surface area contributed by atoms with Crippen molar-refractivity contribution in [2.24, 2.45) is 5.92 Å². The number of carbonyl (C=O) groups excluding carboxylic acids is 1. The Labute approximate surface area is 113 Å². The highest BCUT2D eigenvalue weighted by atomic mass is 16.5. The van der Waals surface area contributed by atoms with Crippen molar-refractivity contribution in [3.05, 3.63) is 0 Å². The maximum Gasteiger partial charge on any atom is 0.329 e. The highest BCUT2D eigenvalue weighted by Gasteiger charge is 2.41. The molecule has 1 aliphatic carbocycles. The van der Waals surface area contributed by atoms with Crippen LogP contribution in [0, 0.1) is 5.92 Å². The Morgan fingerprint density at radius 1 is 1.11 bits per heavy atom. The van der Waals surface area contributed by atoms with Gasteiger partial charge in [0.25, 0.3) is 0 Å². The van der Waals surface area contributed by atoms with Crippen LogP contribution in [0.4, 0.5) is 0 Å². The molecule has 2 N–H and O–H groups in total. The van der Waals surface area contributed by atoms with Crippen molar-refractivity contribution < 1.29 is 19.4 Å². The fourth-order valence-electron chi connectivity index (χ4n) is 3.01. The quantitative estimate of drug-likeness (QED) is 0.765. The van der Waals surface area contributed by atoms with Gasteiger partial charge in [0.15, 0.2) is 0 Å². The first-order chi connectivity index (χ1) is 9.14. The van der Waals surface area contributed by atoms with Gasteiger partial charge in [-0.05, 0) is 25.7 Å². The van der Waals surface area contributed by atoms with Crippen LogP contribution in [0.5, 0.6) is 0 Å². The Morgan fingerprint density at radius 2 is 1.79 bits per heavy atom. The Morgan fingerprint density at radius 3 is 2.32 bits per heavy atom. The van der Waals surface area contributed by atoms with E-state index >= 15 is 0 Å². The molecule has 1 heterocycles. The second-order valence-corrected chi connectivity index (χ2v) is 5.70. The maximum absolute atomic E-state index is 12.2. The van der Waals surface area contributed by atoms with E-state index in [1.165, 1.54) is 0 Å². The number of carboxylic acids is 1. The predicted octanol–water partition coefficient (Wildman–Crippen LogP) is 1.71. The van der Waals surface area contributed by atoms with Gasteiger partial charge in [-0.3, -0.25) is 4.79 Å². The Balaban J connectivity index is 2.02. The molecule has 0 aromatic carbocycles.